The Morgan fingerprint density at radius 1 is 0.955 bits per heavy atom. The van der Waals surface area contributed by atoms with Crippen LogP contribution in [0.3, 0.4) is 0 Å². The standard InChI is InChI=1S/C33H42N4O6S/c1-3-44(41,42)37-28-19-26(32(39)35-23(2)25-13-8-5-9-14-25)18-27(20-28)33(40)36-30(17-24-11-6-4-7-12-24)31(38)22-34-21-29-15-10-16-43-29/h4-9,11-14,18-20,23,29-31,34,37-38H,3,10,15-17,21-22H2,1-2H3,(H,35,39)(H,36,40). The number of carbonyl (C=O) groups is 2. The number of nitrogens with one attached hydrogen (secondary N) is 4. The molecule has 0 spiro atoms. The van der Waals surface area contributed by atoms with Gasteiger partial charge in [-0.3, -0.25) is 14.3 Å². The fourth-order valence-electron chi connectivity index (χ4n) is 5.05. The summed E-state index contributed by atoms with van der Waals surface area (Å²) in [6, 6.07) is 22.1. The lowest BCUT2D eigenvalue weighted by molar-refractivity contribution is 0.0793. The van der Waals surface area contributed by atoms with Crippen LogP contribution in [0.25, 0.3) is 0 Å². The Bertz CT molecular complexity index is 1480. The Morgan fingerprint density at radius 2 is 1.59 bits per heavy atom. The van der Waals surface area contributed by atoms with E-state index in [9.17, 15) is 23.1 Å². The van der Waals surface area contributed by atoms with Crippen molar-refractivity contribution >= 4 is 27.5 Å². The number of aliphatic hydroxyl groups is 1. The van der Waals surface area contributed by atoms with Crippen LogP contribution in [0.15, 0.2) is 78.9 Å². The maximum absolute atomic E-state index is 13.7. The highest BCUT2D eigenvalue weighted by molar-refractivity contribution is 7.92. The average molecular weight is 623 g/mol. The number of anilines is 1. The number of benzene rings is 3. The van der Waals surface area contributed by atoms with Gasteiger partial charge in [-0.25, -0.2) is 8.42 Å². The van der Waals surface area contributed by atoms with Crippen molar-refractivity contribution in [2.45, 2.75) is 57.4 Å². The fraction of sp³-hybridized carbons (Fsp3) is 0.394. The normalized spacial score (nSPS) is 16.9. The quantitative estimate of drug-likeness (QED) is 0.175. The molecule has 4 rings (SSSR count). The van der Waals surface area contributed by atoms with E-state index in [1.807, 2.05) is 67.6 Å². The number of amides is 2. The monoisotopic (exact) mass is 622 g/mol. The zero-order valence-electron chi connectivity index (χ0n) is 25.2. The van der Waals surface area contributed by atoms with E-state index in [1.165, 1.54) is 25.1 Å². The van der Waals surface area contributed by atoms with Crippen LogP contribution in [0.1, 0.15) is 64.6 Å². The van der Waals surface area contributed by atoms with Crippen molar-refractivity contribution in [3.05, 3.63) is 101 Å². The molecular formula is C33H42N4O6S. The molecule has 4 atom stereocenters. The summed E-state index contributed by atoms with van der Waals surface area (Å²) in [7, 11) is -3.69. The van der Waals surface area contributed by atoms with Crippen molar-refractivity contribution in [2.75, 3.05) is 30.2 Å². The van der Waals surface area contributed by atoms with Crippen molar-refractivity contribution in [2.24, 2.45) is 0 Å². The summed E-state index contributed by atoms with van der Waals surface area (Å²) in [5, 5.41) is 20.2. The molecule has 0 radical (unpaired) electrons. The highest BCUT2D eigenvalue weighted by atomic mass is 32.2. The Balaban J connectivity index is 1.55. The van der Waals surface area contributed by atoms with E-state index in [2.05, 4.69) is 20.7 Å². The SMILES string of the molecule is CCS(=O)(=O)Nc1cc(C(=O)NC(C)c2ccccc2)cc(C(=O)NC(Cc2ccccc2)C(O)CNCC2CCCO2)c1. The first-order valence-electron chi connectivity index (χ1n) is 15.0. The summed E-state index contributed by atoms with van der Waals surface area (Å²) in [6.45, 7) is 4.91. The van der Waals surface area contributed by atoms with Gasteiger partial charge in [-0.2, -0.15) is 0 Å². The summed E-state index contributed by atoms with van der Waals surface area (Å²) >= 11 is 0. The molecule has 11 heteroatoms. The lowest BCUT2D eigenvalue weighted by Crippen LogP contribution is -2.49. The van der Waals surface area contributed by atoms with Crippen LogP contribution in [-0.2, 0) is 21.2 Å². The third-order valence-electron chi connectivity index (χ3n) is 7.59. The maximum Gasteiger partial charge on any atom is 0.251 e. The molecule has 1 saturated heterocycles. The number of aliphatic hydroxyl groups excluding tert-OH is 1. The fourth-order valence-corrected chi connectivity index (χ4v) is 5.67. The van der Waals surface area contributed by atoms with Gasteiger partial charge >= 0.3 is 0 Å². The van der Waals surface area contributed by atoms with E-state index in [-0.39, 0.29) is 41.3 Å². The number of hydrogen-bond donors (Lipinski definition) is 5. The first-order chi connectivity index (χ1) is 21.1. The molecule has 4 unspecified atom stereocenters. The highest BCUT2D eigenvalue weighted by Crippen LogP contribution is 2.20. The van der Waals surface area contributed by atoms with E-state index in [1.54, 1.807) is 0 Å². The molecule has 3 aromatic rings. The van der Waals surface area contributed by atoms with Crippen LogP contribution in [0.4, 0.5) is 5.69 Å². The van der Waals surface area contributed by atoms with Crippen molar-refractivity contribution in [1.82, 2.24) is 16.0 Å². The highest BCUT2D eigenvalue weighted by Gasteiger charge is 2.25. The van der Waals surface area contributed by atoms with Gasteiger partial charge in [0.2, 0.25) is 10.0 Å². The van der Waals surface area contributed by atoms with E-state index in [4.69, 9.17) is 4.74 Å². The molecule has 0 aliphatic carbocycles. The summed E-state index contributed by atoms with van der Waals surface area (Å²) in [4.78, 5) is 27.0. The smallest absolute Gasteiger partial charge is 0.251 e. The molecule has 0 saturated carbocycles. The molecule has 5 N–H and O–H groups in total. The van der Waals surface area contributed by atoms with Gasteiger partial charge in [0.25, 0.3) is 11.8 Å². The number of carbonyl (C=O) groups excluding carboxylic acids is 2. The predicted molar refractivity (Wildman–Crippen MR) is 171 cm³/mol. The van der Waals surface area contributed by atoms with Crippen molar-refractivity contribution < 1.29 is 27.9 Å². The van der Waals surface area contributed by atoms with Crippen molar-refractivity contribution in [1.29, 1.82) is 0 Å². The minimum Gasteiger partial charge on any atom is -0.390 e. The Kier molecular flexibility index (Phi) is 11.9. The van der Waals surface area contributed by atoms with Crippen LogP contribution in [0.2, 0.25) is 0 Å². The third-order valence-corrected chi connectivity index (χ3v) is 8.89. The topological polar surface area (TPSA) is 146 Å². The molecule has 236 valence electrons. The number of sulfonamides is 1. The molecule has 2 amide bonds. The minimum absolute atomic E-state index is 0.0800. The van der Waals surface area contributed by atoms with E-state index >= 15 is 0 Å². The molecule has 10 nitrogen and oxygen atoms in total. The second kappa shape index (κ2) is 15.8. The first kappa shape index (κ1) is 33.1. The zero-order chi connectivity index (χ0) is 31.5. The van der Waals surface area contributed by atoms with Gasteiger partial charge in [0, 0.05) is 30.8 Å². The maximum atomic E-state index is 13.7. The van der Waals surface area contributed by atoms with E-state index in [0.29, 0.717) is 13.0 Å². The van der Waals surface area contributed by atoms with E-state index in [0.717, 1.165) is 30.6 Å². The van der Waals surface area contributed by atoms with Crippen molar-refractivity contribution in [3.8, 4) is 0 Å². The van der Waals surface area contributed by atoms with Crippen LogP contribution in [0.5, 0.6) is 0 Å². The van der Waals surface area contributed by atoms with Gasteiger partial charge in [-0.15, -0.1) is 0 Å². The van der Waals surface area contributed by atoms with Crippen LogP contribution >= 0.6 is 0 Å². The van der Waals surface area contributed by atoms with Gasteiger partial charge in [-0.1, -0.05) is 60.7 Å². The molecule has 1 aliphatic heterocycles. The predicted octanol–water partition coefficient (Wildman–Crippen LogP) is 3.41. The molecule has 3 aromatic carbocycles. The summed E-state index contributed by atoms with van der Waals surface area (Å²) in [5.41, 5.74) is 2.11. The molecule has 0 bridgehead atoms. The molecule has 0 aromatic heterocycles. The first-order valence-corrected chi connectivity index (χ1v) is 16.7. The summed E-state index contributed by atoms with van der Waals surface area (Å²) in [6.07, 6.45) is 1.51. The van der Waals surface area contributed by atoms with Crippen LogP contribution < -0.4 is 20.7 Å². The molecule has 1 heterocycles. The second-order valence-corrected chi connectivity index (χ2v) is 13.1. The lowest BCUT2D eigenvalue weighted by atomic mass is 10.00. The van der Waals surface area contributed by atoms with Crippen molar-refractivity contribution in [3.63, 3.8) is 0 Å². The Labute approximate surface area is 259 Å². The molecule has 1 aliphatic rings. The van der Waals surface area contributed by atoms with Crippen LogP contribution in [-0.4, -0.2) is 69.0 Å². The third kappa shape index (κ3) is 9.88. The molecule has 44 heavy (non-hydrogen) atoms. The number of ether oxygens (including phenoxy) is 1. The Hall–Kier alpha value is -3.77. The molecule has 1 fully saturated rings. The van der Waals surface area contributed by atoms with E-state index < -0.39 is 34.0 Å². The van der Waals surface area contributed by atoms with Gasteiger partial charge in [0.1, 0.15) is 0 Å². The van der Waals surface area contributed by atoms with Gasteiger partial charge < -0.3 is 25.8 Å². The number of hydrogen-bond acceptors (Lipinski definition) is 7. The van der Waals surface area contributed by atoms with Crippen LogP contribution in [0, 0.1) is 0 Å². The van der Waals surface area contributed by atoms with Gasteiger partial charge in [-0.05, 0) is 62.4 Å². The Morgan fingerprint density at radius 3 is 2.20 bits per heavy atom. The zero-order valence-corrected chi connectivity index (χ0v) is 26.0. The molecular weight excluding hydrogens is 580 g/mol. The lowest BCUT2D eigenvalue weighted by Gasteiger charge is -2.25. The largest absolute Gasteiger partial charge is 0.390 e. The summed E-state index contributed by atoms with van der Waals surface area (Å²) < 4.78 is 32.9. The van der Waals surface area contributed by atoms with Gasteiger partial charge in [0.05, 0.1) is 35.7 Å². The summed E-state index contributed by atoms with van der Waals surface area (Å²) in [5.74, 6) is -1.20. The van der Waals surface area contributed by atoms with Gasteiger partial charge in [0.15, 0.2) is 0 Å². The second-order valence-electron chi connectivity index (χ2n) is 11.0. The minimum atomic E-state index is -3.69. The number of rotatable bonds is 15. The average Bonchev–Trinajstić information content (AvgIpc) is 3.55.